The van der Waals surface area contributed by atoms with Gasteiger partial charge in [-0.1, -0.05) is 0 Å². The van der Waals surface area contributed by atoms with Gasteiger partial charge in [0.25, 0.3) is 0 Å². The summed E-state index contributed by atoms with van der Waals surface area (Å²) in [6.07, 6.45) is 4.55. The first kappa shape index (κ1) is 15.4. The topological polar surface area (TPSA) is 83.7 Å². The molecule has 0 radical (unpaired) electrons. The SMILES string of the molecule is O=C(Cn1cnnc1)N1CCN(C2CCOCC2)C[C@@H](O)C1. The van der Waals surface area contributed by atoms with Crippen LogP contribution in [0.5, 0.6) is 0 Å². The second-order valence-corrected chi connectivity index (χ2v) is 5.97. The van der Waals surface area contributed by atoms with Crippen LogP contribution >= 0.6 is 0 Å². The van der Waals surface area contributed by atoms with Crippen molar-refractivity contribution in [2.75, 3.05) is 39.4 Å². The molecule has 1 aromatic rings. The zero-order chi connectivity index (χ0) is 15.4. The van der Waals surface area contributed by atoms with E-state index in [4.69, 9.17) is 4.74 Å². The Bertz CT molecular complexity index is 475. The van der Waals surface area contributed by atoms with E-state index in [1.165, 1.54) is 12.7 Å². The molecule has 3 rings (SSSR count). The normalized spacial score (nSPS) is 25.1. The standard InChI is InChI=1S/C14H23N5O3/c20-13-7-18(12-1-5-22-6-2-12)3-4-19(8-13)14(21)9-17-10-15-16-11-17/h10-13,20H,1-9H2/t13-/m1/s1. The van der Waals surface area contributed by atoms with E-state index in [0.717, 1.165) is 32.6 Å². The van der Waals surface area contributed by atoms with Crippen molar-refractivity contribution >= 4 is 5.91 Å². The average molecular weight is 309 g/mol. The molecule has 3 heterocycles. The summed E-state index contributed by atoms with van der Waals surface area (Å²) in [5.74, 6) is -0.00678. The predicted octanol–water partition coefficient (Wildman–Crippen LogP) is -1.04. The molecule has 0 spiro atoms. The number of rotatable bonds is 3. The van der Waals surface area contributed by atoms with E-state index >= 15 is 0 Å². The minimum Gasteiger partial charge on any atom is -0.390 e. The molecule has 2 fully saturated rings. The van der Waals surface area contributed by atoms with Gasteiger partial charge in [0.15, 0.2) is 0 Å². The lowest BCUT2D eigenvalue weighted by Crippen LogP contribution is -2.43. The van der Waals surface area contributed by atoms with Gasteiger partial charge in [-0.25, -0.2) is 0 Å². The number of carbonyl (C=O) groups is 1. The summed E-state index contributed by atoms with van der Waals surface area (Å²) in [5.41, 5.74) is 0. The van der Waals surface area contributed by atoms with E-state index in [2.05, 4.69) is 15.1 Å². The molecule has 1 aromatic heterocycles. The van der Waals surface area contributed by atoms with Crippen LogP contribution in [0.1, 0.15) is 12.8 Å². The summed E-state index contributed by atoms with van der Waals surface area (Å²) in [6.45, 7) is 4.25. The van der Waals surface area contributed by atoms with E-state index in [0.29, 0.717) is 25.7 Å². The Morgan fingerprint density at radius 2 is 1.91 bits per heavy atom. The number of nitrogens with zero attached hydrogens (tertiary/aromatic N) is 5. The first-order chi connectivity index (χ1) is 10.7. The molecule has 22 heavy (non-hydrogen) atoms. The molecule has 2 aliphatic rings. The van der Waals surface area contributed by atoms with E-state index in [1.54, 1.807) is 9.47 Å². The fourth-order valence-corrected chi connectivity index (χ4v) is 3.18. The van der Waals surface area contributed by atoms with E-state index < -0.39 is 6.10 Å². The number of hydrogen-bond acceptors (Lipinski definition) is 6. The summed E-state index contributed by atoms with van der Waals surface area (Å²) < 4.78 is 7.05. The van der Waals surface area contributed by atoms with Crippen LogP contribution in [-0.4, -0.2) is 87.1 Å². The molecule has 1 amide bonds. The fourth-order valence-electron chi connectivity index (χ4n) is 3.18. The van der Waals surface area contributed by atoms with E-state index in [-0.39, 0.29) is 12.5 Å². The number of hydrogen-bond donors (Lipinski definition) is 1. The highest BCUT2D eigenvalue weighted by molar-refractivity contribution is 5.76. The quantitative estimate of drug-likeness (QED) is 0.768. The summed E-state index contributed by atoms with van der Waals surface area (Å²) in [5, 5.41) is 17.6. The number of β-amino-alcohol motifs (C(OH)–C–C–N with tert-alkyl or cyclic N) is 1. The van der Waals surface area contributed by atoms with Gasteiger partial charge in [-0.3, -0.25) is 9.69 Å². The third-order valence-corrected chi connectivity index (χ3v) is 4.38. The number of aliphatic hydroxyl groups is 1. The van der Waals surface area contributed by atoms with Gasteiger partial charge in [-0.15, -0.1) is 10.2 Å². The van der Waals surface area contributed by atoms with E-state index in [9.17, 15) is 9.90 Å². The Balaban J connectivity index is 1.57. The molecule has 2 saturated heterocycles. The number of ether oxygens (including phenoxy) is 1. The lowest BCUT2D eigenvalue weighted by atomic mass is 10.1. The van der Waals surface area contributed by atoms with Crippen molar-refractivity contribution in [1.29, 1.82) is 0 Å². The van der Waals surface area contributed by atoms with Gasteiger partial charge in [0.2, 0.25) is 5.91 Å². The van der Waals surface area contributed by atoms with Gasteiger partial charge in [0.1, 0.15) is 19.2 Å². The van der Waals surface area contributed by atoms with Gasteiger partial charge in [-0.2, -0.15) is 0 Å². The summed E-state index contributed by atoms with van der Waals surface area (Å²) in [7, 11) is 0. The maximum absolute atomic E-state index is 12.3. The van der Waals surface area contributed by atoms with Gasteiger partial charge >= 0.3 is 0 Å². The van der Waals surface area contributed by atoms with Gasteiger partial charge < -0.3 is 19.3 Å². The number of carbonyl (C=O) groups excluding carboxylic acids is 1. The molecule has 0 unspecified atom stereocenters. The Morgan fingerprint density at radius 1 is 1.18 bits per heavy atom. The fraction of sp³-hybridized carbons (Fsp3) is 0.786. The Labute approximate surface area is 129 Å². The van der Waals surface area contributed by atoms with Crippen molar-refractivity contribution < 1.29 is 14.6 Å². The summed E-state index contributed by atoms with van der Waals surface area (Å²) >= 11 is 0. The summed E-state index contributed by atoms with van der Waals surface area (Å²) in [4.78, 5) is 16.4. The van der Waals surface area contributed by atoms with Crippen LogP contribution in [0.15, 0.2) is 12.7 Å². The third-order valence-electron chi connectivity index (χ3n) is 4.38. The van der Waals surface area contributed by atoms with Crippen LogP contribution < -0.4 is 0 Å². The molecular weight excluding hydrogens is 286 g/mol. The Hall–Kier alpha value is -1.51. The Kier molecular flexibility index (Phi) is 5.01. The minimum absolute atomic E-state index is 0.00678. The molecule has 1 N–H and O–H groups in total. The van der Waals surface area contributed by atoms with Crippen molar-refractivity contribution in [2.45, 2.75) is 31.5 Å². The highest BCUT2D eigenvalue weighted by Gasteiger charge is 2.29. The molecule has 122 valence electrons. The molecule has 0 aliphatic carbocycles. The van der Waals surface area contributed by atoms with Crippen molar-refractivity contribution in [2.24, 2.45) is 0 Å². The highest BCUT2D eigenvalue weighted by Crippen LogP contribution is 2.17. The van der Waals surface area contributed by atoms with Crippen molar-refractivity contribution in [3.8, 4) is 0 Å². The van der Waals surface area contributed by atoms with E-state index in [1.807, 2.05) is 0 Å². The van der Waals surface area contributed by atoms with Crippen molar-refractivity contribution in [3.05, 3.63) is 12.7 Å². The zero-order valence-corrected chi connectivity index (χ0v) is 12.7. The second-order valence-electron chi connectivity index (χ2n) is 5.97. The largest absolute Gasteiger partial charge is 0.390 e. The van der Waals surface area contributed by atoms with Crippen LogP contribution in [-0.2, 0) is 16.1 Å². The van der Waals surface area contributed by atoms with Crippen LogP contribution in [0.2, 0.25) is 0 Å². The monoisotopic (exact) mass is 309 g/mol. The maximum atomic E-state index is 12.3. The average Bonchev–Trinajstić information content (AvgIpc) is 2.95. The van der Waals surface area contributed by atoms with Crippen LogP contribution in [0.4, 0.5) is 0 Å². The molecule has 0 aromatic carbocycles. The number of aromatic nitrogens is 3. The molecule has 0 saturated carbocycles. The van der Waals surface area contributed by atoms with Crippen LogP contribution in [0.25, 0.3) is 0 Å². The van der Waals surface area contributed by atoms with Gasteiger partial charge in [0.05, 0.1) is 6.10 Å². The lowest BCUT2D eigenvalue weighted by Gasteiger charge is -2.33. The molecule has 1 atom stereocenters. The molecular formula is C14H23N5O3. The predicted molar refractivity (Wildman–Crippen MR) is 78.0 cm³/mol. The zero-order valence-electron chi connectivity index (χ0n) is 12.7. The third kappa shape index (κ3) is 3.82. The van der Waals surface area contributed by atoms with Crippen molar-refractivity contribution in [1.82, 2.24) is 24.6 Å². The van der Waals surface area contributed by atoms with Crippen LogP contribution in [0.3, 0.4) is 0 Å². The van der Waals surface area contributed by atoms with Gasteiger partial charge in [-0.05, 0) is 12.8 Å². The highest BCUT2D eigenvalue weighted by atomic mass is 16.5. The second kappa shape index (κ2) is 7.17. The lowest BCUT2D eigenvalue weighted by molar-refractivity contribution is -0.132. The smallest absolute Gasteiger partial charge is 0.242 e. The minimum atomic E-state index is -0.504. The molecule has 0 bridgehead atoms. The van der Waals surface area contributed by atoms with Crippen LogP contribution in [0, 0.1) is 0 Å². The summed E-state index contributed by atoms with van der Waals surface area (Å²) in [6, 6.07) is 0.455. The molecule has 8 nitrogen and oxygen atoms in total. The molecule has 2 aliphatic heterocycles. The first-order valence-corrected chi connectivity index (χ1v) is 7.82. The Morgan fingerprint density at radius 3 is 2.64 bits per heavy atom. The number of aliphatic hydroxyl groups excluding tert-OH is 1. The van der Waals surface area contributed by atoms with Crippen molar-refractivity contribution in [3.63, 3.8) is 0 Å². The number of amides is 1. The molecule has 8 heteroatoms. The van der Waals surface area contributed by atoms with Gasteiger partial charge in [0, 0.05) is 45.4 Å². The maximum Gasteiger partial charge on any atom is 0.242 e. The first-order valence-electron chi connectivity index (χ1n) is 7.82.